The Morgan fingerprint density at radius 1 is 1.10 bits per heavy atom. The second-order valence-electron chi connectivity index (χ2n) is 4.73. The Morgan fingerprint density at radius 3 is 2.25 bits per heavy atom. The number of anilines is 1. The largest absolute Gasteiger partial charge is 0.322 e. The summed E-state index contributed by atoms with van der Waals surface area (Å²) in [7, 11) is 0. The van der Waals surface area contributed by atoms with E-state index in [2.05, 4.69) is 31.2 Å². The van der Waals surface area contributed by atoms with Gasteiger partial charge in [0, 0.05) is 10.2 Å². The van der Waals surface area contributed by atoms with E-state index in [-0.39, 0.29) is 5.91 Å². The molecular formula is C15H16BrN3O. The van der Waals surface area contributed by atoms with Gasteiger partial charge in [-0.25, -0.2) is 9.97 Å². The number of benzene rings is 1. The monoisotopic (exact) mass is 333 g/mol. The van der Waals surface area contributed by atoms with Gasteiger partial charge >= 0.3 is 0 Å². The maximum absolute atomic E-state index is 12.4. The Bertz CT molecular complexity index is 660. The van der Waals surface area contributed by atoms with Crippen molar-refractivity contribution in [2.24, 2.45) is 0 Å². The van der Waals surface area contributed by atoms with Crippen LogP contribution in [-0.4, -0.2) is 15.9 Å². The fourth-order valence-corrected chi connectivity index (χ4v) is 2.38. The van der Waals surface area contributed by atoms with Gasteiger partial charge < -0.3 is 5.32 Å². The molecule has 0 saturated heterocycles. The fourth-order valence-electron chi connectivity index (χ4n) is 2.13. The normalized spacial score (nSPS) is 10.4. The third-order valence-corrected chi connectivity index (χ3v) is 3.92. The zero-order valence-electron chi connectivity index (χ0n) is 11.9. The highest BCUT2D eigenvalue weighted by Crippen LogP contribution is 2.21. The van der Waals surface area contributed by atoms with Gasteiger partial charge in [0.15, 0.2) is 0 Å². The predicted molar refractivity (Wildman–Crippen MR) is 83.1 cm³/mol. The van der Waals surface area contributed by atoms with E-state index >= 15 is 0 Å². The van der Waals surface area contributed by atoms with Crippen molar-refractivity contribution in [3.05, 3.63) is 51.0 Å². The molecule has 0 unspecified atom stereocenters. The fraction of sp³-hybridized carbons (Fsp3) is 0.267. The summed E-state index contributed by atoms with van der Waals surface area (Å²) in [4.78, 5) is 20.9. The van der Waals surface area contributed by atoms with Gasteiger partial charge in [-0.2, -0.15) is 0 Å². The number of carbonyl (C=O) groups is 1. The molecule has 0 aliphatic carbocycles. The van der Waals surface area contributed by atoms with Crippen LogP contribution in [0.2, 0.25) is 0 Å². The minimum atomic E-state index is -0.179. The molecule has 0 aliphatic heterocycles. The van der Waals surface area contributed by atoms with Crippen LogP contribution in [0.1, 0.15) is 33.1 Å². The van der Waals surface area contributed by atoms with E-state index in [1.165, 1.54) is 0 Å². The average Bonchev–Trinajstić information content (AvgIpc) is 2.32. The molecule has 0 bridgehead atoms. The van der Waals surface area contributed by atoms with Gasteiger partial charge in [-0.1, -0.05) is 15.9 Å². The van der Waals surface area contributed by atoms with Gasteiger partial charge in [-0.3, -0.25) is 4.79 Å². The van der Waals surface area contributed by atoms with Crippen molar-refractivity contribution in [1.29, 1.82) is 0 Å². The number of halogens is 1. The van der Waals surface area contributed by atoms with Crippen molar-refractivity contribution < 1.29 is 4.79 Å². The molecule has 0 fully saturated rings. The van der Waals surface area contributed by atoms with Crippen molar-refractivity contribution in [2.45, 2.75) is 27.7 Å². The molecule has 1 aromatic heterocycles. The zero-order chi connectivity index (χ0) is 14.9. The molecule has 0 saturated carbocycles. The number of hydrogen-bond acceptors (Lipinski definition) is 3. The number of hydrogen-bond donors (Lipinski definition) is 1. The highest BCUT2D eigenvalue weighted by Gasteiger charge is 2.15. The van der Waals surface area contributed by atoms with Crippen molar-refractivity contribution in [3.8, 4) is 0 Å². The summed E-state index contributed by atoms with van der Waals surface area (Å²) in [6.45, 7) is 7.44. The lowest BCUT2D eigenvalue weighted by Gasteiger charge is -2.11. The van der Waals surface area contributed by atoms with Gasteiger partial charge in [0.1, 0.15) is 5.82 Å². The predicted octanol–water partition coefficient (Wildman–Crippen LogP) is 3.73. The molecule has 20 heavy (non-hydrogen) atoms. The van der Waals surface area contributed by atoms with Crippen LogP contribution in [0.25, 0.3) is 0 Å². The first-order chi connectivity index (χ1) is 9.38. The van der Waals surface area contributed by atoms with E-state index < -0.39 is 0 Å². The van der Waals surface area contributed by atoms with Crippen LogP contribution in [0, 0.1) is 27.7 Å². The molecule has 5 heteroatoms. The highest BCUT2D eigenvalue weighted by atomic mass is 79.9. The maximum atomic E-state index is 12.4. The lowest BCUT2D eigenvalue weighted by molar-refractivity contribution is 0.102. The minimum Gasteiger partial charge on any atom is -0.322 e. The summed E-state index contributed by atoms with van der Waals surface area (Å²) >= 11 is 3.44. The summed E-state index contributed by atoms with van der Waals surface area (Å²) in [6, 6.07) is 5.69. The standard InChI is InChI=1S/C15H16BrN3O/c1-8-7-12(5-6-13(8)16)19-15(20)14-9(2)17-11(4)18-10(14)3/h5-7H,1-4H3,(H,19,20). The number of nitrogens with one attached hydrogen (secondary N) is 1. The zero-order valence-corrected chi connectivity index (χ0v) is 13.5. The Morgan fingerprint density at radius 2 is 1.70 bits per heavy atom. The maximum Gasteiger partial charge on any atom is 0.259 e. The number of aryl methyl sites for hydroxylation is 4. The minimum absolute atomic E-state index is 0.179. The van der Waals surface area contributed by atoms with Crippen LogP contribution < -0.4 is 5.32 Å². The van der Waals surface area contributed by atoms with Gasteiger partial charge in [-0.15, -0.1) is 0 Å². The van der Waals surface area contributed by atoms with Crippen molar-refractivity contribution in [3.63, 3.8) is 0 Å². The average molecular weight is 334 g/mol. The van der Waals surface area contributed by atoms with E-state index in [0.717, 1.165) is 15.7 Å². The van der Waals surface area contributed by atoms with Gasteiger partial charge in [0.05, 0.1) is 17.0 Å². The van der Waals surface area contributed by atoms with Crippen molar-refractivity contribution in [1.82, 2.24) is 9.97 Å². The first-order valence-electron chi connectivity index (χ1n) is 6.28. The SMILES string of the molecule is Cc1nc(C)c(C(=O)Nc2ccc(Br)c(C)c2)c(C)n1. The van der Waals surface area contributed by atoms with Crippen molar-refractivity contribution in [2.75, 3.05) is 5.32 Å². The summed E-state index contributed by atoms with van der Waals surface area (Å²) in [5, 5.41) is 2.89. The summed E-state index contributed by atoms with van der Waals surface area (Å²) in [5.41, 5.74) is 3.75. The molecule has 0 atom stereocenters. The summed E-state index contributed by atoms with van der Waals surface area (Å²) in [5.74, 6) is 0.498. The molecule has 0 aliphatic rings. The van der Waals surface area contributed by atoms with E-state index in [9.17, 15) is 4.79 Å². The Kier molecular flexibility index (Phi) is 4.18. The van der Waals surface area contributed by atoms with E-state index in [4.69, 9.17) is 0 Å². The number of carbonyl (C=O) groups excluding carboxylic acids is 1. The topological polar surface area (TPSA) is 54.9 Å². The van der Waals surface area contributed by atoms with Gasteiger partial charge in [0.25, 0.3) is 5.91 Å². The van der Waals surface area contributed by atoms with Gasteiger partial charge in [0.2, 0.25) is 0 Å². The number of aromatic nitrogens is 2. The molecule has 1 amide bonds. The Labute approximate surface area is 126 Å². The first kappa shape index (κ1) is 14.7. The number of nitrogens with zero attached hydrogens (tertiary/aromatic N) is 2. The molecule has 1 N–H and O–H groups in total. The van der Waals surface area contributed by atoms with Crippen LogP contribution in [-0.2, 0) is 0 Å². The first-order valence-corrected chi connectivity index (χ1v) is 7.07. The molecule has 0 radical (unpaired) electrons. The lowest BCUT2D eigenvalue weighted by atomic mass is 10.1. The van der Waals surface area contributed by atoms with Gasteiger partial charge in [-0.05, 0) is 51.5 Å². The quantitative estimate of drug-likeness (QED) is 0.911. The summed E-state index contributed by atoms with van der Waals surface area (Å²) in [6.07, 6.45) is 0. The molecule has 104 valence electrons. The molecular weight excluding hydrogens is 318 g/mol. The number of amides is 1. The van der Waals surface area contributed by atoms with Crippen LogP contribution in [0.4, 0.5) is 5.69 Å². The molecule has 4 nitrogen and oxygen atoms in total. The third-order valence-electron chi connectivity index (χ3n) is 3.03. The molecule has 2 rings (SSSR count). The molecule has 0 spiro atoms. The summed E-state index contributed by atoms with van der Waals surface area (Å²) < 4.78 is 1.02. The second kappa shape index (κ2) is 5.71. The van der Waals surface area contributed by atoms with Crippen LogP contribution >= 0.6 is 15.9 Å². The van der Waals surface area contributed by atoms with E-state index in [0.29, 0.717) is 22.8 Å². The highest BCUT2D eigenvalue weighted by molar-refractivity contribution is 9.10. The Balaban J connectivity index is 2.31. The Hall–Kier alpha value is -1.75. The van der Waals surface area contributed by atoms with Crippen LogP contribution in [0.5, 0.6) is 0 Å². The molecule has 1 heterocycles. The number of rotatable bonds is 2. The van der Waals surface area contributed by atoms with E-state index in [1.54, 1.807) is 0 Å². The van der Waals surface area contributed by atoms with Crippen LogP contribution in [0.15, 0.2) is 22.7 Å². The second-order valence-corrected chi connectivity index (χ2v) is 5.59. The van der Waals surface area contributed by atoms with Crippen molar-refractivity contribution >= 4 is 27.5 Å². The lowest BCUT2D eigenvalue weighted by Crippen LogP contribution is -2.17. The molecule has 1 aromatic carbocycles. The molecule has 2 aromatic rings. The van der Waals surface area contributed by atoms with Crippen LogP contribution in [0.3, 0.4) is 0 Å². The third kappa shape index (κ3) is 3.04. The van der Waals surface area contributed by atoms with E-state index in [1.807, 2.05) is 45.9 Å². The smallest absolute Gasteiger partial charge is 0.259 e.